The van der Waals surface area contributed by atoms with Gasteiger partial charge in [0.05, 0.1) is 11.4 Å². The quantitative estimate of drug-likeness (QED) is 0.396. The molecule has 0 unspecified atom stereocenters. The number of thiophene rings is 1. The van der Waals surface area contributed by atoms with Crippen LogP contribution in [0.25, 0.3) is 0 Å². The second-order valence-electron chi connectivity index (χ2n) is 5.54. The first-order valence-corrected chi connectivity index (χ1v) is 7.70. The predicted octanol–water partition coefficient (Wildman–Crippen LogP) is 0.864. The first-order valence-electron chi connectivity index (χ1n) is 6.89. The van der Waals surface area contributed by atoms with Gasteiger partial charge in [-0.2, -0.15) is 0 Å². The van der Waals surface area contributed by atoms with Gasteiger partial charge in [0.1, 0.15) is 0 Å². The summed E-state index contributed by atoms with van der Waals surface area (Å²) >= 11 is 1.40. The lowest BCUT2D eigenvalue weighted by atomic mass is 10.2. The van der Waals surface area contributed by atoms with Crippen LogP contribution >= 0.6 is 11.3 Å². The first-order chi connectivity index (χ1) is 9.83. The summed E-state index contributed by atoms with van der Waals surface area (Å²) in [5, 5.41) is 2.89. The Morgan fingerprint density at radius 1 is 1.43 bits per heavy atom. The van der Waals surface area contributed by atoms with Crippen molar-refractivity contribution in [2.75, 3.05) is 20.1 Å². The third-order valence-corrected chi connectivity index (χ3v) is 4.03. The van der Waals surface area contributed by atoms with Crippen molar-refractivity contribution in [3.8, 4) is 0 Å². The Morgan fingerprint density at radius 2 is 2.10 bits per heavy atom. The van der Waals surface area contributed by atoms with E-state index in [9.17, 15) is 9.59 Å². The van der Waals surface area contributed by atoms with Gasteiger partial charge in [-0.1, -0.05) is 13.8 Å². The Kier molecular flexibility index (Phi) is 6.80. The summed E-state index contributed by atoms with van der Waals surface area (Å²) in [5.74, 6) is 5.30. The van der Waals surface area contributed by atoms with Crippen LogP contribution in [0.2, 0.25) is 0 Å². The number of carbonyl (C=O) groups excluding carboxylic acids is 2. The third-order valence-electron chi connectivity index (χ3n) is 2.94. The highest BCUT2D eigenvalue weighted by atomic mass is 32.1. The normalized spacial score (nSPS) is 11.0. The summed E-state index contributed by atoms with van der Waals surface area (Å²) in [6.45, 7) is 7.71. The minimum Gasteiger partial charge on any atom is -0.355 e. The number of nitrogen functional groups attached to an aromatic ring is 1. The fraction of sp³-hybridized carbons (Fsp3) is 0.571. The molecule has 0 aromatic carbocycles. The van der Waals surface area contributed by atoms with Gasteiger partial charge in [0.15, 0.2) is 0 Å². The average Bonchev–Trinajstić information content (AvgIpc) is 2.76. The zero-order valence-electron chi connectivity index (χ0n) is 13.0. The lowest BCUT2D eigenvalue weighted by Crippen LogP contribution is -2.36. The van der Waals surface area contributed by atoms with Gasteiger partial charge in [-0.05, 0) is 31.5 Å². The van der Waals surface area contributed by atoms with Crippen molar-refractivity contribution in [1.82, 2.24) is 15.6 Å². The molecule has 1 heterocycles. The van der Waals surface area contributed by atoms with E-state index in [0.29, 0.717) is 30.4 Å². The minimum atomic E-state index is -0.285. The topological polar surface area (TPSA) is 87.5 Å². The van der Waals surface area contributed by atoms with Gasteiger partial charge >= 0.3 is 0 Å². The van der Waals surface area contributed by atoms with Gasteiger partial charge in [0.25, 0.3) is 5.91 Å². The van der Waals surface area contributed by atoms with E-state index in [0.717, 1.165) is 10.4 Å². The van der Waals surface area contributed by atoms with Crippen LogP contribution in [-0.4, -0.2) is 36.9 Å². The van der Waals surface area contributed by atoms with Crippen molar-refractivity contribution in [3.05, 3.63) is 21.4 Å². The van der Waals surface area contributed by atoms with Gasteiger partial charge in [-0.15, -0.1) is 11.3 Å². The van der Waals surface area contributed by atoms with Crippen LogP contribution in [0.4, 0.5) is 0 Å². The Labute approximate surface area is 129 Å². The highest BCUT2D eigenvalue weighted by molar-refractivity contribution is 7.14. The molecule has 0 radical (unpaired) electrons. The predicted molar refractivity (Wildman–Crippen MR) is 84.9 cm³/mol. The maximum absolute atomic E-state index is 11.8. The SMILES string of the molecule is Cc1sc(C(=O)NN)cc1CN(C)CC(=O)NCC(C)C. The lowest BCUT2D eigenvalue weighted by Gasteiger charge is -2.16. The van der Waals surface area contributed by atoms with Crippen LogP contribution < -0.4 is 16.6 Å². The molecule has 0 aliphatic rings. The number of amides is 2. The molecule has 0 aliphatic carbocycles. The van der Waals surface area contributed by atoms with Crippen LogP contribution in [-0.2, 0) is 11.3 Å². The molecule has 4 N–H and O–H groups in total. The van der Waals surface area contributed by atoms with E-state index in [1.165, 1.54) is 11.3 Å². The zero-order chi connectivity index (χ0) is 16.0. The molecule has 1 rings (SSSR count). The van der Waals surface area contributed by atoms with Gasteiger partial charge in [0.2, 0.25) is 5.91 Å². The van der Waals surface area contributed by atoms with Gasteiger partial charge in [-0.3, -0.25) is 19.9 Å². The average molecular weight is 312 g/mol. The third kappa shape index (κ3) is 5.82. The molecule has 0 spiro atoms. The van der Waals surface area contributed by atoms with Gasteiger partial charge in [0, 0.05) is 18.0 Å². The Balaban J connectivity index is 2.54. The molecule has 0 fully saturated rings. The second kappa shape index (κ2) is 8.11. The van der Waals surface area contributed by atoms with E-state index in [1.807, 2.05) is 24.9 Å². The summed E-state index contributed by atoms with van der Waals surface area (Å²) in [7, 11) is 1.88. The summed E-state index contributed by atoms with van der Waals surface area (Å²) in [6, 6.07) is 1.82. The van der Waals surface area contributed by atoms with Gasteiger partial charge in [-0.25, -0.2) is 5.84 Å². The number of nitrogens with one attached hydrogen (secondary N) is 2. The number of likely N-dealkylation sites (N-methyl/N-ethyl adjacent to an activating group) is 1. The monoisotopic (exact) mass is 312 g/mol. The van der Waals surface area contributed by atoms with Crippen molar-refractivity contribution in [1.29, 1.82) is 0 Å². The summed E-state index contributed by atoms with van der Waals surface area (Å²) < 4.78 is 0. The summed E-state index contributed by atoms with van der Waals surface area (Å²) in [4.78, 5) is 26.8. The van der Waals surface area contributed by atoms with Crippen LogP contribution in [0.15, 0.2) is 6.07 Å². The van der Waals surface area contributed by atoms with Gasteiger partial charge < -0.3 is 5.32 Å². The number of nitrogens with two attached hydrogens (primary N) is 1. The molecular weight excluding hydrogens is 288 g/mol. The molecular formula is C14H24N4O2S. The largest absolute Gasteiger partial charge is 0.355 e. The van der Waals surface area contributed by atoms with Crippen molar-refractivity contribution >= 4 is 23.2 Å². The van der Waals surface area contributed by atoms with Crippen molar-refractivity contribution in [2.24, 2.45) is 11.8 Å². The number of hydrazine groups is 1. The lowest BCUT2D eigenvalue weighted by molar-refractivity contribution is -0.122. The van der Waals surface area contributed by atoms with Crippen molar-refractivity contribution in [3.63, 3.8) is 0 Å². The molecule has 0 atom stereocenters. The standard InChI is InChI=1S/C14H24N4O2S/c1-9(2)6-16-13(19)8-18(4)7-11-5-12(14(20)17-15)21-10(11)3/h5,9H,6-8,15H2,1-4H3,(H,16,19)(H,17,20). The van der Waals surface area contributed by atoms with E-state index >= 15 is 0 Å². The van der Waals surface area contributed by atoms with Crippen molar-refractivity contribution in [2.45, 2.75) is 27.3 Å². The van der Waals surface area contributed by atoms with E-state index < -0.39 is 0 Å². The number of hydrogen-bond donors (Lipinski definition) is 3. The zero-order valence-corrected chi connectivity index (χ0v) is 13.8. The molecule has 7 heteroatoms. The minimum absolute atomic E-state index is 0.0130. The Hall–Kier alpha value is -1.44. The van der Waals surface area contributed by atoms with E-state index in [1.54, 1.807) is 0 Å². The van der Waals surface area contributed by atoms with E-state index in [-0.39, 0.29) is 11.8 Å². The molecule has 0 bridgehead atoms. The number of rotatable bonds is 7. The van der Waals surface area contributed by atoms with Crippen LogP contribution in [0, 0.1) is 12.8 Å². The van der Waals surface area contributed by atoms with Crippen LogP contribution in [0.3, 0.4) is 0 Å². The first kappa shape index (κ1) is 17.6. The molecule has 2 amide bonds. The van der Waals surface area contributed by atoms with E-state index in [4.69, 9.17) is 5.84 Å². The molecule has 0 saturated heterocycles. The molecule has 118 valence electrons. The Morgan fingerprint density at radius 3 is 2.67 bits per heavy atom. The fourth-order valence-electron chi connectivity index (χ4n) is 1.83. The number of nitrogens with zero attached hydrogens (tertiary/aromatic N) is 1. The highest BCUT2D eigenvalue weighted by Crippen LogP contribution is 2.22. The van der Waals surface area contributed by atoms with Crippen LogP contribution in [0.5, 0.6) is 0 Å². The molecule has 21 heavy (non-hydrogen) atoms. The second-order valence-corrected chi connectivity index (χ2v) is 6.79. The summed E-state index contributed by atoms with van der Waals surface area (Å²) in [6.07, 6.45) is 0. The molecule has 1 aromatic heterocycles. The van der Waals surface area contributed by atoms with E-state index in [2.05, 4.69) is 24.6 Å². The molecule has 0 aliphatic heterocycles. The Bertz CT molecular complexity index is 499. The maximum atomic E-state index is 11.8. The van der Waals surface area contributed by atoms with Crippen LogP contribution in [0.1, 0.15) is 34.0 Å². The summed E-state index contributed by atoms with van der Waals surface area (Å²) in [5.41, 5.74) is 3.17. The van der Waals surface area contributed by atoms with Crippen molar-refractivity contribution < 1.29 is 9.59 Å². The number of carbonyl (C=O) groups is 2. The number of aryl methyl sites for hydroxylation is 1. The smallest absolute Gasteiger partial charge is 0.275 e. The molecule has 0 saturated carbocycles. The fourth-order valence-corrected chi connectivity index (χ4v) is 2.76. The molecule has 1 aromatic rings. The highest BCUT2D eigenvalue weighted by Gasteiger charge is 2.14. The maximum Gasteiger partial charge on any atom is 0.275 e. The molecule has 6 nitrogen and oxygen atoms in total. The number of hydrogen-bond acceptors (Lipinski definition) is 5.